The number of amides is 4. The van der Waals surface area contributed by atoms with Crippen LogP contribution in [0.25, 0.3) is 0 Å². The van der Waals surface area contributed by atoms with Crippen molar-refractivity contribution in [3.05, 3.63) is 12.4 Å². The molecule has 4 amide bonds. The molecule has 2 aliphatic rings. The van der Waals surface area contributed by atoms with Gasteiger partial charge in [0.25, 0.3) is 5.91 Å². The minimum absolute atomic E-state index is 0.225. The Balaban J connectivity index is 1.54. The van der Waals surface area contributed by atoms with Crippen LogP contribution in [-0.2, 0) is 16.1 Å². The molecule has 2 heterocycles. The Hall–Kier alpha value is -2.42. The normalized spacial score (nSPS) is 23.5. The van der Waals surface area contributed by atoms with Gasteiger partial charge in [-0.05, 0) is 50.1 Å². The zero-order valence-electron chi connectivity index (χ0n) is 20.8. The van der Waals surface area contributed by atoms with E-state index in [9.17, 15) is 14.4 Å². The molecule has 0 atom stereocenters. The highest BCUT2D eigenvalue weighted by Gasteiger charge is 2.53. The van der Waals surface area contributed by atoms with E-state index in [1.165, 1.54) is 0 Å². The van der Waals surface area contributed by atoms with Gasteiger partial charge in [0.15, 0.2) is 0 Å². The number of nitrogens with one attached hydrogen (secondary N) is 2. The van der Waals surface area contributed by atoms with E-state index >= 15 is 0 Å². The summed E-state index contributed by atoms with van der Waals surface area (Å²) in [7, 11) is 0. The largest absolute Gasteiger partial charge is 0.325 e. The predicted octanol–water partition coefficient (Wildman–Crippen LogP) is 3.08. The Kier molecular flexibility index (Phi) is 7.82. The molecule has 1 saturated heterocycles. The van der Waals surface area contributed by atoms with E-state index < -0.39 is 17.5 Å². The van der Waals surface area contributed by atoms with E-state index in [4.69, 9.17) is 0 Å². The van der Waals surface area contributed by atoms with Gasteiger partial charge in [-0.15, -0.1) is 0 Å². The second-order valence-corrected chi connectivity index (χ2v) is 10.1. The van der Waals surface area contributed by atoms with Crippen LogP contribution in [-0.4, -0.2) is 69.1 Å². The van der Waals surface area contributed by atoms with E-state index in [2.05, 4.69) is 55.3 Å². The Morgan fingerprint density at radius 2 is 1.91 bits per heavy atom. The van der Waals surface area contributed by atoms with Gasteiger partial charge in [-0.1, -0.05) is 41.0 Å². The van der Waals surface area contributed by atoms with Gasteiger partial charge in [-0.3, -0.25) is 19.2 Å². The summed E-state index contributed by atoms with van der Waals surface area (Å²) in [4.78, 5) is 41.7. The fourth-order valence-corrected chi connectivity index (χ4v) is 5.02. The summed E-state index contributed by atoms with van der Waals surface area (Å²) in [6, 6.07) is -0.474. The molecule has 0 aromatic carbocycles. The summed E-state index contributed by atoms with van der Waals surface area (Å²) >= 11 is 0. The number of carbonyl (C=O) groups excluding carboxylic acids is 3. The van der Waals surface area contributed by atoms with E-state index in [0.29, 0.717) is 24.4 Å². The van der Waals surface area contributed by atoms with Crippen LogP contribution in [0.15, 0.2) is 12.4 Å². The predicted molar refractivity (Wildman–Crippen MR) is 128 cm³/mol. The fourth-order valence-electron chi connectivity index (χ4n) is 5.02. The molecule has 0 radical (unpaired) electrons. The minimum Gasteiger partial charge on any atom is -0.323 e. The number of hydrogen-bond donors (Lipinski definition) is 2. The molecule has 2 N–H and O–H groups in total. The summed E-state index contributed by atoms with van der Waals surface area (Å²) in [6.07, 6.45) is 7.50. The van der Waals surface area contributed by atoms with Gasteiger partial charge in [0.05, 0.1) is 18.4 Å². The summed E-state index contributed by atoms with van der Waals surface area (Å²) in [5, 5.41) is 9.96. The molecule has 0 bridgehead atoms. The second kappa shape index (κ2) is 10.2. The van der Waals surface area contributed by atoms with Crippen molar-refractivity contribution in [1.29, 1.82) is 0 Å². The van der Waals surface area contributed by atoms with E-state index in [1.807, 2.05) is 0 Å². The maximum atomic E-state index is 13.2. The molecular formula is C24H40N6O3. The van der Waals surface area contributed by atoms with Gasteiger partial charge >= 0.3 is 6.03 Å². The highest BCUT2D eigenvalue weighted by atomic mass is 16.2. The molecule has 1 saturated carbocycles. The first-order valence-corrected chi connectivity index (χ1v) is 12.3. The van der Waals surface area contributed by atoms with Crippen LogP contribution >= 0.6 is 0 Å². The van der Waals surface area contributed by atoms with Crippen molar-refractivity contribution in [2.45, 2.75) is 78.8 Å². The van der Waals surface area contributed by atoms with Crippen LogP contribution in [0.2, 0.25) is 0 Å². The molecule has 9 heteroatoms. The maximum Gasteiger partial charge on any atom is 0.325 e. The van der Waals surface area contributed by atoms with Crippen molar-refractivity contribution in [2.24, 2.45) is 11.3 Å². The molecule has 1 aromatic rings. The minimum atomic E-state index is -0.854. The number of nitrogens with zero attached hydrogens (tertiary/aromatic N) is 4. The third kappa shape index (κ3) is 5.57. The molecule has 1 aromatic heterocycles. The van der Waals surface area contributed by atoms with Crippen molar-refractivity contribution in [2.75, 3.05) is 31.5 Å². The lowest BCUT2D eigenvalue weighted by atomic mass is 9.65. The second-order valence-electron chi connectivity index (χ2n) is 10.1. The maximum absolute atomic E-state index is 13.2. The van der Waals surface area contributed by atoms with Crippen molar-refractivity contribution < 1.29 is 14.4 Å². The van der Waals surface area contributed by atoms with Gasteiger partial charge < -0.3 is 15.5 Å². The average molecular weight is 461 g/mol. The number of carbonyl (C=O) groups is 3. The monoisotopic (exact) mass is 460 g/mol. The summed E-state index contributed by atoms with van der Waals surface area (Å²) < 4.78 is 1.78. The van der Waals surface area contributed by atoms with E-state index in [1.54, 1.807) is 17.1 Å². The number of hydrogen-bond acceptors (Lipinski definition) is 5. The number of urea groups is 1. The Labute approximate surface area is 197 Å². The lowest BCUT2D eigenvalue weighted by Crippen LogP contribution is -2.51. The third-order valence-corrected chi connectivity index (χ3v) is 7.86. The number of likely N-dealkylation sites (N-methyl/N-ethyl adjacent to an activating group) is 1. The van der Waals surface area contributed by atoms with Crippen molar-refractivity contribution in [1.82, 2.24) is 24.9 Å². The zero-order valence-corrected chi connectivity index (χ0v) is 20.8. The molecule has 184 valence electrons. The molecule has 1 aliphatic heterocycles. The molecule has 3 rings (SSSR count). The van der Waals surface area contributed by atoms with Crippen molar-refractivity contribution in [3.8, 4) is 0 Å². The van der Waals surface area contributed by atoms with Gasteiger partial charge in [0.2, 0.25) is 5.91 Å². The van der Waals surface area contributed by atoms with Crippen molar-refractivity contribution in [3.63, 3.8) is 0 Å². The number of aromatic nitrogens is 2. The molecule has 1 spiro atoms. The lowest BCUT2D eigenvalue weighted by Gasteiger charge is -2.42. The highest BCUT2D eigenvalue weighted by Crippen LogP contribution is 2.45. The van der Waals surface area contributed by atoms with Gasteiger partial charge in [0.1, 0.15) is 12.1 Å². The molecular weight excluding hydrogens is 420 g/mol. The fraction of sp³-hybridized carbons (Fsp3) is 0.750. The summed E-state index contributed by atoms with van der Waals surface area (Å²) in [5.74, 6) is -0.140. The first kappa shape index (κ1) is 25.2. The lowest BCUT2D eigenvalue weighted by molar-refractivity contribution is -0.135. The number of anilines is 1. The molecule has 9 nitrogen and oxygen atoms in total. The van der Waals surface area contributed by atoms with E-state index in [-0.39, 0.29) is 17.9 Å². The van der Waals surface area contributed by atoms with Crippen molar-refractivity contribution >= 4 is 23.5 Å². The van der Waals surface area contributed by atoms with Crippen LogP contribution in [0.5, 0.6) is 0 Å². The molecule has 1 aliphatic carbocycles. The standard InChI is InChI=1S/C24H40N6O3/c1-6-23(4,5)18-9-11-24(12-10-18)21(32)30(22(33)27-24)17-20(31)26-19-15-25-29(16-19)14-13-28(7-2)8-3/h15-16,18H,6-14,17H2,1-5H3,(H,26,31)(H,27,33). The van der Waals surface area contributed by atoms with Crippen LogP contribution < -0.4 is 10.6 Å². The first-order valence-electron chi connectivity index (χ1n) is 12.3. The van der Waals surface area contributed by atoms with Crippen LogP contribution in [0.1, 0.15) is 66.7 Å². The molecule has 33 heavy (non-hydrogen) atoms. The zero-order chi connectivity index (χ0) is 24.2. The third-order valence-electron chi connectivity index (χ3n) is 7.86. The van der Waals surface area contributed by atoms with Crippen LogP contribution in [0.3, 0.4) is 0 Å². The molecule has 0 unspecified atom stereocenters. The summed E-state index contributed by atoms with van der Waals surface area (Å²) in [5.41, 5.74) is -0.0704. The van der Waals surface area contributed by atoms with Gasteiger partial charge in [-0.2, -0.15) is 5.10 Å². The van der Waals surface area contributed by atoms with E-state index in [0.717, 1.165) is 50.3 Å². The highest BCUT2D eigenvalue weighted by molar-refractivity contribution is 6.10. The van der Waals surface area contributed by atoms with Crippen LogP contribution in [0, 0.1) is 11.3 Å². The average Bonchev–Trinajstić information content (AvgIpc) is 3.32. The first-order chi connectivity index (χ1) is 15.6. The smallest absolute Gasteiger partial charge is 0.323 e. The number of rotatable bonds is 10. The Morgan fingerprint density at radius 1 is 1.24 bits per heavy atom. The topological polar surface area (TPSA) is 99.6 Å². The van der Waals surface area contributed by atoms with Gasteiger partial charge in [-0.25, -0.2) is 4.79 Å². The Morgan fingerprint density at radius 3 is 2.52 bits per heavy atom. The Bertz CT molecular complexity index is 852. The summed E-state index contributed by atoms with van der Waals surface area (Å²) in [6.45, 7) is 14.2. The SMILES string of the molecule is CCN(CC)CCn1cc(NC(=O)CN2C(=O)NC3(CCC(C(C)(C)CC)CC3)C2=O)cn1. The van der Waals surface area contributed by atoms with Crippen LogP contribution in [0.4, 0.5) is 10.5 Å². The quantitative estimate of drug-likeness (QED) is 0.523. The molecule has 2 fully saturated rings. The van der Waals surface area contributed by atoms with Gasteiger partial charge in [0, 0.05) is 12.7 Å². The number of imide groups is 1.